The van der Waals surface area contributed by atoms with Crippen molar-refractivity contribution in [2.24, 2.45) is 0 Å². The van der Waals surface area contributed by atoms with Crippen molar-refractivity contribution in [3.63, 3.8) is 0 Å². The van der Waals surface area contributed by atoms with Crippen LogP contribution >= 0.6 is 0 Å². The summed E-state index contributed by atoms with van der Waals surface area (Å²) >= 11 is 0. The molecule has 1 N–H and O–H groups in total. The number of piperidine rings is 1. The first-order valence-electron chi connectivity index (χ1n) is 7.86. The summed E-state index contributed by atoms with van der Waals surface area (Å²) in [5, 5.41) is 3.38. The second-order valence-corrected chi connectivity index (χ2v) is 5.61. The van der Waals surface area contributed by atoms with Gasteiger partial charge in [0, 0.05) is 11.6 Å². The first-order chi connectivity index (χ1) is 10.2. The van der Waals surface area contributed by atoms with Crippen LogP contribution in [0.2, 0.25) is 0 Å². The maximum Gasteiger partial charge on any atom is 0.176 e. The van der Waals surface area contributed by atoms with Crippen molar-refractivity contribution in [1.29, 1.82) is 0 Å². The van der Waals surface area contributed by atoms with Crippen LogP contribution in [-0.4, -0.2) is 50.0 Å². The van der Waals surface area contributed by atoms with E-state index >= 15 is 0 Å². The molecule has 0 spiro atoms. The molecule has 4 nitrogen and oxygen atoms in total. The number of hydrogen-bond acceptors (Lipinski definition) is 4. The third-order valence-corrected chi connectivity index (χ3v) is 4.07. The molecule has 1 heterocycles. The average Bonchev–Trinajstić information content (AvgIpc) is 2.55. The second kappa shape index (κ2) is 8.15. The maximum absolute atomic E-state index is 12.5. The van der Waals surface area contributed by atoms with Gasteiger partial charge in [0.15, 0.2) is 5.78 Å². The first kappa shape index (κ1) is 16.0. The Kier molecular flexibility index (Phi) is 6.21. The number of rotatable bonds is 7. The molecule has 0 aromatic heterocycles. The summed E-state index contributed by atoms with van der Waals surface area (Å²) in [4.78, 5) is 14.9. The third kappa shape index (κ3) is 4.55. The molecule has 1 aromatic carbocycles. The zero-order valence-electron chi connectivity index (χ0n) is 13.1. The zero-order valence-corrected chi connectivity index (χ0v) is 13.1. The number of methoxy groups -OCH3 is 1. The third-order valence-electron chi connectivity index (χ3n) is 4.07. The number of carbonyl (C=O) groups excluding carboxylic acids is 1. The van der Waals surface area contributed by atoms with Crippen LogP contribution in [0.3, 0.4) is 0 Å². The van der Waals surface area contributed by atoms with Crippen LogP contribution in [0.15, 0.2) is 24.3 Å². The number of nitrogens with one attached hydrogen (secondary N) is 1. The van der Waals surface area contributed by atoms with Gasteiger partial charge in [-0.3, -0.25) is 9.69 Å². The van der Waals surface area contributed by atoms with Crippen LogP contribution in [-0.2, 0) is 0 Å². The Balaban J connectivity index is 2.02. The van der Waals surface area contributed by atoms with E-state index in [1.807, 2.05) is 24.3 Å². The normalized spacial score (nSPS) is 16.1. The second-order valence-electron chi connectivity index (χ2n) is 5.61. The van der Waals surface area contributed by atoms with Gasteiger partial charge in [0.05, 0.1) is 13.7 Å². The summed E-state index contributed by atoms with van der Waals surface area (Å²) < 4.78 is 5.20. The van der Waals surface area contributed by atoms with Gasteiger partial charge in [-0.25, -0.2) is 0 Å². The number of benzene rings is 1. The fourth-order valence-corrected chi connectivity index (χ4v) is 2.92. The monoisotopic (exact) mass is 290 g/mol. The van der Waals surface area contributed by atoms with Gasteiger partial charge in [0.25, 0.3) is 0 Å². The first-order valence-corrected chi connectivity index (χ1v) is 7.86. The Morgan fingerprint density at radius 1 is 1.38 bits per heavy atom. The van der Waals surface area contributed by atoms with E-state index in [0.29, 0.717) is 12.6 Å². The Bertz CT molecular complexity index is 456. The smallest absolute Gasteiger partial charge is 0.176 e. The van der Waals surface area contributed by atoms with Crippen LogP contribution in [0, 0.1) is 0 Å². The van der Waals surface area contributed by atoms with Crippen molar-refractivity contribution in [1.82, 2.24) is 10.2 Å². The summed E-state index contributed by atoms with van der Waals surface area (Å²) in [6.45, 7) is 5.77. The quantitative estimate of drug-likeness (QED) is 0.783. The molecule has 116 valence electrons. The highest BCUT2D eigenvalue weighted by atomic mass is 16.5. The predicted molar refractivity (Wildman–Crippen MR) is 85.1 cm³/mol. The molecule has 0 unspecified atom stereocenters. The van der Waals surface area contributed by atoms with Crippen LogP contribution in [0.4, 0.5) is 0 Å². The van der Waals surface area contributed by atoms with E-state index in [1.165, 1.54) is 0 Å². The van der Waals surface area contributed by atoms with E-state index in [0.717, 1.165) is 50.2 Å². The number of ketones is 1. The Hall–Kier alpha value is -1.39. The predicted octanol–water partition coefficient (Wildman–Crippen LogP) is 2.34. The molecule has 4 heteroatoms. The highest BCUT2D eigenvalue weighted by Crippen LogP contribution is 2.16. The van der Waals surface area contributed by atoms with Crippen LogP contribution in [0.1, 0.15) is 36.5 Å². The fraction of sp³-hybridized carbons (Fsp3) is 0.588. The van der Waals surface area contributed by atoms with Crippen molar-refractivity contribution in [3.05, 3.63) is 29.8 Å². The minimum absolute atomic E-state index is 0.181. The molecule has 0 atom stereocenters. The lowest BCUT2D eigenvalue weighted by atomic mass is 10.0. The molecular formula is C17H26N2O2. The molecule has 1 aliphatic rings. The molecule has 0 radical (unpaired) electrons. The lowest BCUT2D eigenvalue weighted by Gasteiger charge is -2.34. The van der Waals surface area contributed by atoms with Gasteiger partial charge in [-0.15, -0.1) is 0 Å². The van der Waals surface area contributed by atoms with Crippen molar-refractivity contribution in [3.8, 4) is 5.75 Å². The SMILES string of the molecule is CCCN(CC(=O)c1cccc(OC)c1)C1CCNCC1. The van der Waals surface area contributed by atoms with Gasteiger partial charge in [-0.2, -0.15) is 0 Å². The minimum atomic E-state index is 0.181. The number of ether oxygens (including phenoxy) is 1. The zero-order chi connectivity index (χ0) is 15.1. The van der Waals surface area contributed by atoms with Gasteiger partial charge in [-0.1, -0.05) is 19.1 Å². The standard InChI is InChI=1S/C17H26N2O2/c1-3-11-19(15-7-9-18-10-8-15)13-17(20)14-5-4-6-16(12-14)21-2/h4-6,12,15,18H,3,7-11,13H2,1-2H3. The number of carbonyl (C=O) groups is 1. The minimum Gasteiger partial charge on any atom is -0.497 e. The lowest BCUT2D eigenvalue weighted by Crippen LogP contribution is -2.45. The summed E-state index contributed by atoms with van der Waals surface area (Å²) in [5.74, 6) is 0.922. The Morgan fingerprint density at radius 2 is 2.14 bits per heavy atom. The van der Waals surface area contributed by atoms with Gasteiger partial charge in [-0.05, 0) is 51.0 Å². The van der Waals surface area contributed by atoms with Gasteiger partial charge in [0.2, 0.25) is 0 Å². The largest absolute Gasteiger partial charge is 0.497 e. The topological polar surface area (TPSA) is 41.6 Å². The van der Waals surface area contributed by atoms with E-state index in [9.17, 15) is 4.79 Å². The van der Waals surface area contributed by atoms with Gasteiger partial charge in [0.1, 0.15) is 5.75 Å². The maximum atomic E-state index is 12.5. The summed E-state index contributed by atoms with van der Waals surface area (Å²) in [6.07, 6.45) is 3.34. The Labute approximate surface area is 127 Å². The van der Waals surface area contributed by atoms with Gasteiger partial charge >= 0.3 is 0 Å². The molecule has 1 aromatic rings. The van der Waals surface area contributed by atoms with Crippen molar-refractivity contribution < 1.29 is 9.53 Å². The molecule has 0 aliphatic carbocycles. The number of hydrogen-bond donors (Lipinski definition) is 1. The lowest BCUT2D eigenvalue weighted by molar-refractivity contribution is 0.0865. The van der Waals surface area contributed by atoms with Gasteiger partial charge < -0.3 is 10.1 Å². The van der Waals surface area contributed by atoms with Crippen molar-refractivity contribution in [2.75, 3.05) is 33.3 Å². The molecule has 1 saturated heterocycles. The molecule has 0 bridgehead atoms. The molecule has 21 heavy (non-hydrogen) atoms. The molecule has 2 rings (SSSR count). The molecular weight excluding hydrogens is 264 g/mol. The molecule has 1 aliphatic heterocycles. The van der Waals surface area contributed by atoms with Crippen LogP contribution < -0.4 is 10.1 Å². The molecule has 0 saturated carbocycles. The van der Waals surface area contributed by atoms with E-state index in [2.05, 4.69) is 17.1 Å². The molecule has 0 amide bonds. The van der Waals surface area contributed by atoms with Crippen LogP contribution in [0.25, 0.3) is 0 Å². The van der Waals surface area contributed by atoms with Crippen LogP contribution in [0.5, 0.6) is 5.75 Å². The number of nitrogens with zero attached hydrogens (tertiary/aromatic N) is 1. The molecule has 1 fully saturated rings. The van der Waals surface area contributed by atoms with E-state index in [1.54, 1.807) is 7.11 Å². The van der Waals surface area contributed by atoms with E-state index < -0.39 is 0 Å². The Morgan fingerprint density at radius 3 is 2.81 bits per heavy atom. The summed E-state index contributed by atoms with van der Waals surface area (Å²) in [7, 11) is 1.63. The summed E-state index contributed by atoms with van der Waals surface area (Å²) in [5.41, 5.74) is 0.740. The number of Topliss-reactive ketones (excluding diaryl/α,β-unsaturated/α-hetero) is 1. The fourth-order valence-electron chi connectivity index (χ4n) is 2.92. The average molecular weight is 290 g/mol. The highest BCUT2D eigenvalue weighted by molar-refractivity contribution is 5.98. The van der Waals surface area contributed by atoms with E-state index in [4.69, 9.17) is 4.74 Å². The summed E-state index contributed by atoms with van der Waals surface area (Å²) in [6, 6.07) is 7.97. The van der Waals surface area contributed by atoms with Crippen molar-refractivity contribution >= 4 is 5.78 Å². The van der Waals surface area contributed by atoms with E-state index in [-0.39, 0.29) is 5.78 Å². The highest BCUT2D eigenvalue weighted by Gasteiger charge is 2.22. The van der Waals surface area contributed by atoms with Crippen molar-refractivity contribution in [2.45, 2.75) is 32.2 Å².